The molecule has 1 aromatic rings. The first-order chi connectivity index (χ1) is 9.67. The van der Waals surface area contributed by atoms with Gasteiger partial charge in [0.2, 0.25) is 0 Å². The monoisotopic (exact) mass is 291 g/mol. The maximum atomic E-state index is 12.5. The molecule has 2 aliphatic rings. The lowest BCUT2D eigenvalue weighted by atomic mass is 10.0. The molecule has 20 heavy (non-hydrogen) atoms. The average Bonchev–Trinajstić information content (AvgIpc) is 3.09. The standard InChI is InChI=1S/C13H17N5OS/c1-17-5-9-7-18(8-10(9)6-17)13(19)12-3-2-11(20-12)4-15-16-14/h2-3,9-10H,4-8H2,1H3. The van der Waals surface area contributed by atoms with Crippen molar-refractivity contribution in [1.29, 1.82) is 0 Å². The Hall–Kier alpha value is -1.56. The van der Waals surface area contributed by atoms with E-state index in [9.17, 15) is 4.79 Å². The molecule has 0 radical (unpaired) electrons. The van der Waals surface area contributed by atoms with Crippen LogP contribution >= 0.6 is 11.3 Å². The molecule has 2 aliphatic heterocycles. The summed E-state index contributed by atoms with van der Waals surface area (Å²) in [6, 6.07) is 3.71. The molecule has 6 nitrogen and oxygen atoms in total. The van der Waals surface area contributed by atoms with Crippen molar-refractivity contribution >= 4 is 17.2 Å². The molecule has 3 heterocycles. The number of fused-ring (bicyclic) bond motifs is 1. The lowest BCUT2D eigenvalue weighted by Crippen LogP contribution is -2.31. The number of amides is 1. The zero-order chi connectivity index (χ0) is 14.1. The van der Waals surface area contributed by atoms with Crippen LogP contribution < -0.4 is 0 Å². The first kappa shape index (κ1) is 13.4. The fourth-order valence-electron chi connectivity index (χ4n) is 3.23. The van der Waals surface area contributed by atoms with Gasteiger partial charge in [0, 0.05) is 36.0 Å². The van der Waals surface area contributed by atoms with E-state index in [0.29, 0.717) is 18.4 Å². The first-order valence-corrected chi connectivity index (χ1v) is 7.56. The zero-order valence-corrected chi connectivity index (χ0v) is 12.2. The Morgan fingerprint density at radius 1 is 1.40 bits per heavy atom. The molecule has 1 aromatic heterocycles. The normalized spacial score (nSPS) is 25.6. The maximum absolute atomic E-state index is 12.5. The number of nitrogens with zero attached hydrogens (tertiary/aromatic N) is 5. The van der Waals surface area contributed by atoms with Crippen molar-refractivity contribution in [3.8, 4) is 0 Å². The summed E-state index contributed by atoms with van der Waals surface area (Å²) in [6.07, 6.45) is 0. The third-order valence-corrected chi connectivity index (χ3v) is 5.18. The van der Waals surface area contributed by atoms with E-state index in [0.717, 1.165) is 35.9 Å². The van der Waals surface area contributed by atoms with Crippen LogP contribution in [0.2, 0.25) is 0 Å². The van der Waals surface area contributed by atoms with Gasteiger partial charge in [0.15, 0.2) is 0 Å². The molecule has 0 saturated carbocycles. The van der Waals surface area contributed by atoms with Gasteiger partial charge in [-0.25, -0.2) is 0 Å². The lowest BCUT2D eigenvalue weighted by molar-refractivity contribution is 0.0781. The first-order valence-electron chi connectivity index (χ1n) is 6.74. The Labute approximate surface area is 121 Å². The molecule has 2 atom stereocenters. The van der Waals surface area contributed by atoms with Crippen LogP contribution in [0.1, 0.15) is 14.5 Å². The van der Waals surface area contributed by atoms with Gasteiger partial charge in [-0.2, -0.15) is 0 Å². The van der Waals surface area contributed by atoms with Crippen molar-refractivity contribution in [3.63, 3.8) is 0 Å². The summed E-state index contributed by atoms with van der Waals surface area (Å²) < 4.78 is 0. The average molecular weight is 291 g/mol. The van der Waals surface area contributed by atoms with E-state index < -0.39 is 0 Å². The molecule has 0 aromatic carbocycles. The molecule has 0 bridgehead atoms. The Morgan fingerprint density at radius 3 is 2.75 bits per heavy atom. The van der Waals surface area contributed by atoms with Gasteiger partial charge in [0.05, 0.1) is 11.4 Å². The molecule has 3 rings (SSSR count). The molecule has 0 N–H and O–H groups in total. The van der Waals surface area contributed by atoms with Crippen molar-refractivity contribution in [3.05, 3.63) is 32.3 Å². The third-order valence-electron chi connectivity index (χ3n) is 4.12. The highest BCUT2D eigenvalue weighted by Gasteiger charge is 2.40. The Morgan fingerprint density at radius 2 is 2.10 bits per heavy atom. The van der Waals surface area contributed by atoms with Crippen molar-refractivity contribution < 1.29 is 4.79 Å². The molecular formula is C13H17N5OS. The number of carbonyl (C=O) groups is 1. The van der Waals surface area contributed by atoms with Gasteiger partial charge in [-0.3, -0.25) is 4.79 Å². The fourth-order valence-corrected chi connectivity index (χ4v) is 4.12. The summed E-state index contributed by atoms with van der Waals surface area (Å²) in [5, 5.41) is 3.53. The largest absolute Gasteiger partial charge is 0.337 e. The van der Waals surface area contributed by atoms with Crippen LogP contribution in [0, 0.1) is 11.8 Å². The minimum Gasteiger partial charge on any atom is -0.337 e. The molecule has 2 fully saturated rings. The Kier molecular flexibility index (Phi) is 3.65. The van der Waals surface area contributed by atoms with Crippen LogP contribution in [-0.2, 0) is 6.54 Å². The summed E-state index contributed by atoms with van der Waals surface area (Å²) in [6.45, 7) is 4.27. The maximum Gasteiger partial charge on any atom is 0.263 e. The second-order valence-corrected chi connectivity index (χ2v) is 6.77. The Balaban J connectivity index is 1.65. The van der Waals surface area contributed by atoms with E-state index in [-0.39, 0.29) is 5.91 Å². The minimum absolute atomic E-state index is 0.124. The van der Waals surface area contributed by atoms with E-state index in [4.69, 9.17) is 5.53 Å². The van der Waals surface area contributed by atoms with Gasteiger partial charge >= 0.3 is 0 Å². The second kappa shape index (κ2) is 5.44. The molecule has 0 aliphatic carbocycles. The number of thiophene rings is 1. The summed E-state index contributed by atoms with van der Waals surface area (Å²) in [5.41, 5.74) is 8.31. The third kappa shape index (κ3) is 2.52. The van der Waals surface area contributed by atoms with E-state index >= 15 is 0 Å². The van der Waals surface area contributed by atoms with E-state index in [1.165, 1.54) is 11.3 Å². The van der Waals surface area contributed by atoms with Crippen molar-refractivity contribution in [2.45, 2.75) is 6.54 Å². The van der Waals surface area contributed by atoms with Crippen molar-refractivity contribution in [2.75, 3.05) is 33.2 Å². The summed E-state index contributed by atoms with van der Waals surface area (Å²) in [7, 11) is 2.14. The number of likely N-dealkylation sites (tertiary alicyclic amines) is 2. The van der Waals surface area contributed by atoms with Crippen LogP contribution in [0.3, 0.4) is 0 Å². The zero-order valence-electron chi connectivity index (χ0n) is 11.4. The SMILES string of the molecule is CN1CC2CN(C(=O)c3ccc(CN=[N+]=[N-])s3)CC2C1. The number of carbonyl (C=O) groups excluding carboxylic acids is 1. The summed E-state index contributed by atoms with van der Waals surface area (Å²) in [5.74, 6) is 1.39. The predicted octanol–water partition coefficient (Wildman–Crippen LogP) is 2.19. The summed E-state index contributed by atoms with van der Waals surface area (Å²) in [4.78, 5) is 21.2. The minimum atomic E-state index is 0.124. The molecule has 7 heteroatoms. The van der Waals surface area contributed by atoms with Gasteiger partial charge in [-0.15, -0.1) is 11.3 Å². The van der Waals surface area contributed by atoms with Crippen molar-refractivity contribution in [1.82, 2.24) is 9.80 Å². The fraction of sp³-hybridized carbons (Fsp3) is 0.615. The highest BCUT2D eigenvalue weighted by atomic mass is 32.1. The smallest absolute Gasteiger partial charge is 0.263 e. The number of azide groups is 1. The number of hydrogen-bond donors (Lipinski definition) is 0. The van der Waals surface area contributed by atoms with Gasteiger partial charge in [-0.05, 0) is 36.5 Å². The molecule has 106 valence electrons. The number of rotatable bonds is 3. The van der Waals surface area contributed by atoms with Gasteiger partial charge in [-0.1, -0.05) is 5.11 Å². The van der Waals surface area contributed by atoms with Crippen LogP contribution in [-0.4, -0.2) is 48.9 Å². The van der Waals surface area contributed by atoms with Crippen LogP contribution in [0.15, 0.2) is 17.2 Å². The second-order valence-electron chi connectivity index (χ2n) is 5.61. The van der Waals surface area contributed by atoms with Gasteiger partial charge in [0.25, 0.3) is 5.91 Å². The summed E-state index contributed by atoms with van der Waals surface area (Å²) >= 11 is 1.43. The van der Waals surface area contributed by atoms with Crippen LogP contribution in [0.5, 0.6) is 0 Å². The highest BCUT2D eigenvalue weighted by molar-refractivity contribution is 7.14. The van der Waals surface area contributed by atoms with E-state index in [2.05, 4.69) is 22.0 Å². The highest BCUT2D eigenvalue weighted by Crippen LogP contribution is 2.31. The van der Waals surface area contributed by atoms with E-state index in [1.807, 2.05) is 17.0 Å². The van der Waals surface area contributed by atoms with Crippen LogP contribution in [0.4, 0.5) is 0 Å². The van der Waals surface area contributed by atoms with E-state index in [1.54, 1.807) is 0 Å². The van der Waals surface area contributed by atoms with Gasteiger partial charge < -0.3 is 9.80 Å². The quantitative estimate of drug-likeness (QED) is 0.486. The Bertz CT molecular complexity index is 551. The molecule has 2 unspecified atom stereocenters. The number of hydrogen-bond acceptors (Lipinski definition) is 4. The predicted molar refractivity (Wildman–Crippen MR) is 77.5 cm³/mol. The molecule has 2 saturated heterocycles. The topological polar surface area (TPSA) is 72.3 Å². The molecule has 0 spiro atoms. The van der Waals surface area contributed by atoms with Crippen molar-refractivity contribution in [2.24, 2.45) is 17.0 Å². The van der Waals surface area contributed by atoms with Gasteiger partial charge in [0.1, 0.15) is 0 Å². The molecule has 1 amide bonds. The lowest BCUT2D eigenvalue weighted by Gasteiger charge is -2.18. The van der Waals surface area contributed by atoms with Crippen LogP contribution in [0.25, 0.3) is 10.4 Å². The molecular weight excluding hydrogens is 274 g/mol.